The van der Waals surface area contributed by atoms with E-state index in [4.69, 9.17) is 0 Å². The molecule has 0 aliphatic heterocycles. The smallest absolute Gasteiger partial charge is 0.126 e. The molecule has 0 aliphatic carbocycles. The molecular weight excluding hydrogens is 224 g/mol. The molecule has 0 aromatic carbocycles. The predicted octanol–water partition coefficient (Wildman–Crippen LogP) is 3.42. The Morgan fingerprint density at radius 1 is 1.39 bits per heavy atom. The van der Waals surface area contributed by atoms with Gasteiger partial charge in [-0.25, -0.2) is 4.98 Å². The summed E-state index contributed by atoms with van der Waals surface area (Å²) in [5.41, 5.74) is 3.48. The van der Waals surface area contributed by atoms with Gasteiger partial charge in [0.15, 0.2) is 0 Å². The van der Waals surface area contributed by atoms with Crippen molar-refractivity contribution in [3.05, 3.63) is 30.2 Å². The van der Waals surface area contributed by atoms with Crippen molar-refractivity contribution in [2.24, 2.45) is 0 Å². The number of hydrogen-bond acceptors (Lipinski definition) is 3. The SMILES string of the molecule is CCCNc1cc(-c2cn[nH]c2C(C)C)ccn1. The lowest BCUT2D eigenvalue weighted by molar-refractivity contribution is 0.812. The van der Waals surface area contributed by atoms with E-state index in [1.807, 2.05) is 18.5 Å². The van der Waals surface area contributed by atoms with Crippen LogP contribution in [0.5, 0.6) is 0 Å². The zero-order chi connectivity index (χ0) is 13.0. The first-order chi connectivity index (χ1) is 8.72. The maximum absolute atomic E-state index is 4.32. The van der Waals surface area contributed by atoms with Gasteiger partial charge in [0.1, 0.15) is 5.82 Å². The second-order valence-corrected chi connectivity index (χ2v) is 4.71. The van der Waals surface area contributed by atoms with E-state index in [2.05, 4.69) is 47.3 Å². The van der Waals surface area contributed by atoms with E-state index < -0.39 is 0 Å². The van der Waals surface area contributed by atoms with E-state index in [-0.39, 0.29) is 0 Å². The van der Waals surface area contributed by atoms with Gasteiger partial charge in [0.05, 0.1) is 6.20 Å². The van der Waals surface area contributed by atoms with Crippen molar-refractivity contribution in [2.45, 2.75) is 33.1 Å². The lowest BCUT2D eigenvalue weighted by Gasteiger charge is -2.08. The third-order valence-corrected chi connectivity index (χ3v) is 2.87. The molecule has 2 aromatic heterocycles. The summed E-state index contributed by atoms with van der Waals surface area (Å²) >= 11 is 0. The Labute approximate surface area is 108 Å². The number of rotatable bonds is 5. The summed E-state index contributed by atoms with van der Waals surface area (Å²) in [6.45, 7) is 7.41. The molecule has 0 unspecified atom stereocenters. The van der Waals surface area contributed by atoms with Crippen LogP contribution in [0.4, 0.5) is 5.82 Å². The molecule has 0 spiro atoms. The number of H-pyrrole nitrogens is 1. The van der Waals surface area contributed by atoms with E-state index >= 15 is 0 Å². The molecule has 96 valence electrons. The molecule has 4 heteroatoms. The molecule has 0 atom stereocenters. The van der Waals surface area contributed by atoms with Crippen LogP contribution >= 0.6 is 0 Å². The molecule has 0 amide bonds. The number of nitrogens with one attached hydrogen (secondary N) is 2. The topological polar surface area (TPSA) is 53.6 Å². The number of anilines is 1. The number of aromatic amines is 1. The van der Waals surface area contributed by atoms with Crippen LogP contribution in [0.1, 0.15) is 38.8 Å². The third kappa shape index (κ3) is 2.70. The Bertz CT molecular complexity index is 502. The van der Waals surface area contributed by atoms with Gasteiger partial charge in [-0.15, -0.1) is 0 Å². The van der Waals surface area contributed by atoms with Crippen molar-refractivity contribution < 1.29 is 0 Å². The van der Waals surface area contributed by atoms with Crippen molar-refractivity contribution in [1.82, 2.24) is 15.2 Å². The molecule has 0 radical (unpaired) electrons. The van der Waals surface area contributed by atoms with Crippen LogP contribution < -0.4 is 5.32 Å². The van der Waals surface area contributed by atoms with Crippen LogP contribution in [-0.4, -0.2) is 21.7 Å². The lowest BCUT2D eigenvalue weighted by Crippen LogP contribution is -2.01. The van der Waals surface area contributed by atoms with Gasteiger partial charge in [-0.05, 0) is 30.0 Å². The number of nitrogens with zero attached hydrogens (tertiary/aromatic N) is 2. The Hall–Kier alpha value is -1.84. The van der Waals surface area contributed by atoms with Crippen molar-refractivity contribution in [3.8, 4) is 11.1 Å². The standard InChI is InChI=1S/C14H20N4/c1-4-6-15-13-8-11(5-7-16-13)12-9-17-18-14(12)10(2)3/h5,7-10H,4,6H2,1-3H3,(H,15,16)(H,17,18). The average Bonchev–Trinajstić information content (AvgIpc) is 2.86. The summed E-state index contributed by atoms with van der Waals surface area (Å²) in [6.07, 6.45) is 4.81. The number of aromatic nitrogens is 3. The van der Waals surface area contributed by atoms with Crippen molar-refractivity contribution in [3.63, 3.8) is 0 Å². The highest BCUT2D eigenvalue weighted by Gasteiger charge is 2.11. The average molecular weight is 244 g/mol. The molecule has 18 heavy (non-hydrogen) atoms. The fraction of sp³-hybridized carbons (Fsp3) is 0.429. The van der Waals surface area contributed by atoms with Crippen molar-refractivity contribution >= 4 is 5.82 Å². The molecule has 0 aliphatic rings. The summed E-state index contributed by atoms with van der Waals surface area (Å²) in [6, 6.07) is 4.10. The highest BCUT2D eigenvalue weighted by molar-refractivity contribution is 5.68. The van der Waals surface area contributed by atoms with E-state index in [0.717, 1.165) is 29.9 Å². The maximum Gasteiger partial charge on any atom is 0.126 e. The third-order valence-electron chi connectivity index (χ3n) is 2.87. The van der Waals surface area contributed by atoms with Gasteiger partial charge >= 0.3 is 0 Å². The monoisotopic (exact) mass is 244 g/mol. The molecular formula is C14H20N4. The minimum Gasteiger partial charge on any atom is -0.370 e. The first kappa shape index (κ1) is 12.6. The lowest BCUT2D eigenvalue weighted by atomic mass is 10.0. The summed E-state index contributed by atoms with van der Waals surface area (Å²) in [7, 11) is 0. The largest absolute Gasteiger partial charge is 0.370 e. The van der Waals surface area contributed by atoms with E-state index in [1.165, 1.54) is 5.69 Å². The molecule has 0 bridgehead atoms. The predicted molar refractivity (Wildman–Crippen MR) is 74.7 cm³/mol. The van der Waals surface area contributed by atoms with Gasteiger partial charge < -0.3 is 5.32 Å². The van der Waals surface area contributed by atoms with Crippen LogP contribution in [0, 0.1) is 0 Å². The Kier molecular flexibility index (Phi) is 3.97. The van der Waals surface area contributed by atoms with E-state index in [0.29, 0.717) is 5.92 Å². The van der Waals surface area contributed by atoms with Gasteiger partial charge in [0.2, 0.25) is 0 Å². The fourth-order valence-corrected chi connectivity index (χ4v) is 1.91. The fourth-order valence-electron chi connectivity index (χ4n) is 1.91. The van der Waals surface area contributed by atoms with Crippen LogP contribution in [-0.2, 0) is 0 Å². The maximum atomic E-state index is 4.32. The van der Waals surface area contributed by atoms with Crippen molar-refractivity contribution in [1.29, 1.82) is 0 Å². The van der Waals surface area contributed by atoms with Gasteiger partial charge in [-0.2, -0.15) is 5.10 Å². The molecule has 2 N–H and O–H groups in total. The molecule has 2 rings (SSSR count). The highest BCUT2D eigenvalue weighted by Crippen LogP contribution is 2.27. The number of pyridine rings is 1. The minimum absolute atomic E-state index is 0.433. The van der Waals surface area contributed by atoms with E-state index in [9.17, 15) is 0 Å². The summed E-state index contributed by atoms with van der Waals surface area (Å²) in [5, 5.41) is 10.5. The van der Waals surface area contributed by atoms with Gasteiger partial charge in [0, 0.05) is 24.0 Å². The van der Waals surface area contributed by atoms with Crippen LogP contribution in [0.2, 0.25) is 0 Å². The minimum atomic E-state index is 0.433. The zero-order valence-corrected chi connectivity index (χ0v) is 11.2. The molecule has 0 saturated carbocycles. The van der Waals surface area contributed by atoms with Gasteiger partial charge in [-0.3, -0.25) is 5.10 Å². The Balaban J connectivity index is 2.29. The molecule has 0 fully saturated rings. The zero-order valence-electron chi connectivity index (χ0n) is 11.2. The molecule has 0 saturated heterocycles. The Morgan fingerprint density at radius 2 is 2.22 bits per heavy atom. The quantitative estimate of drug-likeness (QED) is 0.847. The first-order valence-corrected chi connectivity index (χ1v) is 6.46. The van der Waals surface area contributed by atoms with Gasteiger partial charge in [-0.1, -0.05) is 20.8 Å². The van der Waals surface area contributed by atoms with Crippen molar-refractivity contribution in [2.75, 3.05) is 11.9 Å². The normalized spacial score (nSPS) is 10.9. The Morgan fingerprint density at radius 3 is 2.94 bits per heavy atom. The summed E-state index contributed by atoms with van der Waals surface area (Å²) in [5.74, 6) is 1.35. The van der Waals surface area contributed by atoms with Crippen LogP contribution in [0.15, 0.2) is 24.5 Å². The second-order valence-electron chi connectivity index (χ2n) is 4.71. The number of hydrogen-bond donors (Lipinski definition) is 2. The first-order valence-electron chi connectivity index (χ1n) is 6.46. The molecule has 4 nitrogen and oxygen atoms in total. The summed E-state index contributed by atoms with van der Waals surface area (Å²) in [4.78, 5) is 4.32. The van der Waals surface area contributed by atoms with Crippen LogP contribution in [0.3, 0.4) is 0 Å². The molecule has 2 heterocycles. The van der Waals surface area contributed by atoms with Crippen LogP contribution in [0.25, 0.3) is 11.1 Å². The highest BCUT2D eigenvalue weighted by atomic mass is 15.1. The summed E-state index contributed by atoms with van der Waals surface area (Å²) < 4.78 is 0. The second kappa shape index (κ2) is 5.67. The van der Waals surface area contributed by atoms with E-state index in [1.54, 1.807) is 0 Å². The van der Waals surface area contributed by atoms with Gasteiger partial charge in [0.25, 0.3) is 0 Å². The molecule has 2 aromatic rings.